The highest BCUT2D eigenvalue weighted by Gasteiger charge is 2.58. The van der Waals surface area contributed by atoms with E-state index < -0.39 is 12.3 Å². The molecular weight excluding hydrogens is 322 g/mol. The summed E-state index contributed by atoms with van der Waals surface area (Å²) in [6.07, 6.45) is 6.56. The number of halogens is 2. The average molecular weight is 350 g/mol. The lowest BCUT2D eigenvalue weighted by Crippen LogP contribution is -2.50. The third kappa shape index (κ3) is 2.59. The molecule has 0 spiro atoms. The molecule has 0 bridgehead atoms. The summed E-state index contributed by atoms with van der Waals surface area (Å²) in [4.78, 5) is 12.5. The van der Waals surface area contributed by atoms with E-state index in [0.717, 1.165) is 43.4 Å². The molecule has 4 heteroatoms. The first-order chi connectivity index (χ1) is 12.0. The maximum absolute atomic E-state index is 14.0. The van der Waals surface area contributed by atoms with Crippen LogP contribution >= 0.6 is 0 Å². The lowest BCUT2D eigenvalue weighted by atomic mass is 9.51. The third-order valence-corrected chi connectivity index (χ3v) is 7.52. The first kappa shape index (κ1) is 17.2. The van der Waals surface area contributed by atoms with Crippen molar-refractivity contribution < 1.29 is 18.3 Å². The fourth-order valence-corrected chi connectivity index (χ4v) is 6.36. The molecule has 4 aliphatic carbocycles. The molecular formula is C21H28F2O2. The van der Waals surface area contributed by atoms with Crippen molar-refractivity contribution in [3.63, 3.8) is 0 Å². The number of ether oxygens (including phenoxy) is 1. The van der Waals surface area contributed by atoms with Gasteiger partial charge in [0.1, 0.15) is 5.78 Å². The topological polar surface area (TPSA) is 26.3 Å². The van der Waals surface area contributed by atoms with Crippen LogP contribution < -0.4 is 0 Å². The van der Waals surface area contributed by atoms with E-state index in [0.29, 0.717) is 30.6 Å². The SMILES string of the molecule is CCOC1=CC2=C[C@@H](C(F)F)[C@@H]3[C@H](CC[C@]4(C)C(=O)CC[C@@H]34)[C@H]2CC1. The quantitative estimate of drug-likeness (QED) is 0.704. The monoisotopic (exact) mass is 350 g/mol. The molecule has 0 radical (unpaired) electrons. The number of carbonyl (C=O) groups is 1. The van der Waals surface area contributed by atoms with Gasteiger partial charge in [0.05, 0.1) is 12.4 Å². The van der Waals surface area contributed by atoms with E-state index >= 15 is 0 Å². The summed E-state index contributed by atoms with van der Waals surface area (Å²) in [7, 11) is 0. The van der Waals surface area contributed by atoms with Crippen LogP contribution in [0.4, 0.5) is 8.78 Å². The molecule has 0 unspecified atom stereocenters. The average Bonchev–Trinajstić information content (AvgIpc) is 2.89. The van der Waals surface area contributed by atoms with Crippen LogP contribution in [-0.2, 0) is 9.53 Å². The van der Waals surface area contributed by atoms with E-state index in [9.17, 15) is 13.6 Å². The number of carbonyl (C=O) groups excluding carboxylic acids is 1. The Kier molecular flexibility index (Phi) is 4.28. The van der Waals surface area contributed by atoms with Gasteiger partial charge in [-0.25, -0.2) is 8.78 Å². The predicted octanol–water partition coefficient (Wildman–Crippen LogP) is 5.15. The van der Waals surface area contributed by atoms with E-state index in [1.54, 1.807) is 0 Å². The maximum Gasteiger partial charge on any atom is 0.245 e. The number of fused-ring (bicyclic) bond motifs is 5. The maximum atomic E-state index is 14.0. The van der Waals surface area contributed by atoms with Crippen molar-refractivity contribution in [2.24, 2.45) is 35.0 Å². The molecule has 0 N–H and O–H groups in total. The van der Waals surface area contributed by atoms with Crippen molar-refractivity contribution in [3.8, 4) is 0 Å². The number of allylic oxidation sites excluding steroid dienone is 4. The van der Waals surface area contributed by atoms with E-state index in [4.69, 9.17) is 4.74 Å². The minimum atomic E-state index is -2.36. The van der Waals surface area contributed by atoms with Crippen molar-refractivity contribution in [3.05, 3.63) is 23.5 Å². The highest BCUT2D eigenvalue weighted by atomic mass is 19.3. The zero-order valence-corrected chi connectivity index (χ0v) is 15.1. The molecule has 25 heavy (non-hydrogen) atoms. The molecule has 138 valence electrons. The first-order valence-electron chi connectivity index (χ1n) is 9.82. The van der Waals surface area contributed by atoms with Gasteiger partial charge in [-0.05, 0) is 67.9 Å². The molecule has 2 saturated carbocycles. The number of rotatable bonds is 3. The minimum Gasteiger partial charge on any atom is -0.498 e. The summed E-state index contributed by atoms with van der Waals surface area (Å²) in [5, 5.41) is 0. The number of Topliss-reactive ketones (excluding diaryl/α,β-unsaturated/α-hetero) is 1. The fraction of sp³-hybridized carbons (Fsp3) is 0.762. The minimum absolute atomic E-state index is 0.0407. The Morgan fingerprint density at radius 1 is 1.28 bits per heavy atom. The Morgan fingerprint density at radius 3 is 2.80 bits per heavy atom. The van der Waals surface area contributed by atoms with Gasteiger partial charge in [-0.2, -0.15) is 0 Å². The Hall–Kier alpha value is -1.19. The number of ketones is 1. The van der Waals surface area contributed by atoms with Crippen molar-refractivity contribution in [2.45, 2.75) is 58.8 Å². The number of hydrogen-bond donors (Lipinski definition) is 0. The van der Waals surface area contributed by atoms with Crippen LogP contribution in [-0.4, -0.2) is 18.8 Å². The van der Waals surface area contributed by atoms with E-state index in [2.05, 4.69) is 0 Å². The van der Waals surface area contributed by atoms with Gasteiger partial charge in [0, 0.05) is 24.2 Å². The Labute approximate surface area is 148 Å². The molecule has 0 aliphatic heterocycles. The van der Waals surface area contributed by atoms with Gasteiger partial charge in [-0.1, -0.05) is 13.0 Å². The van der Waals surface area contributed by atoms with E-state index in [1.807, 2.05) is 26.0 Å². The number of alkyl halides is 2. The standard InChI is InChI=1S/C21H28F2O2/c1-3-25-13-4-5-14-12(10-13)11-16(20(22)23)19-15(14)8-9-21(2)17(19)6-7-18(21)24/h10-11,14-17,19-20H,3-9H2,1-2H3/t14-,15+,16+,17-,19-,21-/m0/s1. The molecule has 0 aromatic carbocycles. The summed E-state index contributed by atoms with van der Waals surface area (Å²) in [6.45, 7) is 4.62. The zero-order valence-electron chi connectivity index (χ0n) is 15.1. The van der Waals surface area contributed by atoms with Crippen LogP contribution in [0.5, 0.6) is 0 Å². The lowest BCUT2D eigenvalue weighted by molar-refractivity contribution is -0.133. The number of hydrogen-bond acceptors (Lipinski definition) is 2. The molecule has 4 aliphatic rings. The highest BCUT2D eigenvalue weighted by molar-refractivity contribution is 5.87. The molecule has 6 atom stereocenters. The Bertz CT molecular complexity index is 623. The van der Waals surface area contributed by atoms with Gasteiger partial charge in [-0.3, -0.25) is 4.79 Å². The molecule has 2 fully saturated rings. The summed E-state index contributed by atoms with van der Waals surface area (Å²) in [6, 6.07) is 0. The largest absolute Gasteiger partial charge is 0.498 e. The lowest BCUT2D eigenvalue weighted by Gasteiger charge is -2.53. The van der Waals surface area contributed by atoms with Crippen LogP contribution in [0.25, 0.3) is 0 Å². The Morgan fingerprint density at radius 2 is 2.08 bits per heavy atom. The van der Waals surface area contributed by atoms with E-state index in [1.165, 1.54) is 0 Å². The van der Waals surface area contributed by atoms with Crippen LogP contribution in [0.2, 0.25) is 0 Å². The second-order valence-electron chi connectivity index (χ2n) is 8.53. The van der Waals surface area contributed by atoms with Crippen molar-refractivity contribution in [2.75, 3.05) is 6.61 Å². The normalized spacial score (nSPS) is 43.1. The second kappa shape index (κ2) is 6.21. The summed E-state index contributed by atoms with van der Waals surface area (Å²) in [5.41, 5.74) is 0.704. The van der Waals surface area contributed by atoms with Gasteiger partial charge in [-0.15, -0.1) is 0 Å². The van der Waals surface area contributed by atoms with Crippen LogP contribution in [0, 0.1) is 35.0 Å². The first-order valence-corrected chi connectivity index (χ1v) is 9.82. The van der Waals surface area contributed by atoms with Crippen LogP contribution in [0.3, 0.4) is 0 Å². The summed E-state index contributed by atoms with van der Waals surface area (Å²) < 4.78 is 33.6. The Balaban J connectivity index is 1.72. The molecule has 0 aromatic rings. The van der Waals surface area contributed by atoms with Gasteiger partial charge in [0.25, 0.3) is 0 Å². The van der Waals surface area contributed by atoms with Crippen LogP contribution in [0.1, 0.15) is 52.4 Å². The van der Waals surface area contributed by atoms with Crippen molar-refractivity contribution in [1.29, 1.82) is 0 Å². The molecule has 0 saturated heterocycles. The van der Waals surface area contributed by atoms with Crippen molar-refractivity contribution >= 4 is 5.78 Å². The fourth-order valence-electron chi connectivity index (χ4n) is 6.36. The zero-order chi connectivity index (χ0) is 17.8. The highest BCUT2D eigenvalue weighted by Crippen LogP contribution is 2.61. The summed E-state index contributed by atoms with van der Waals surface area (Å²) in [5.74, 6) is 1.28. The van der Waals surface area contributed by atoms with Gasteiger partial charge < -0.3 is 4.74 Å². The van der Waals surface area contributed by atoms with Gasteiger partial charge in [0.15, 0.2) is 0 Å². The molecule has 0 aromatic heterocycles. The van der Waals surface area contributed by atoms with E-state index in [-0.39, 0.29) is 17.3 Å². The van der Waals surface area contributed by atoms with Gasteiger partial charge in [0.2, 0.25) is 6.43 Å². The third-order valence-electron chi connectivity index (χ3n) is 7.52. The molecule has 2 nitrogen and oxygen atoms in total. The van der Waals surface area contributed by atoms with Gasteiger partial charge >= 0.3 is 0 Å². The second-order valence-corrected chi connectivity index (χ2v) is 8.53. The predicted molar refractivity (Wildman–Crippen MR) is 92.1 cm³/mol. The molecule has 0 heterocycles. The van der Waals surface area contributed by atoms with Crippen LogP contribution in [0.15, 0.2) is 23.5 Å². The molecule has 4 rings (SSSR count). The smallest absolute Gasteiger partial charge is 0.245 e. The summed E-state index contributed by atoms with van der Waals surface area (Å²) >= 11 is 0. The molecule has 0 amide bonds. The van der Waals surface area contributed by atoms with Crippen molar-refractivity contribution in [1.82, 2.24) is 0 Å².